The minimum absolute atomic E-state index is 0.0111. The first-order valence-electron chi connectivity index (χ1n) is 8.23. The normalized spacial score (nSPS) is 20.5. The van der Waals surface area contributed by atoms with Crippen molar-refractivity contribution < 1.29 is 19.0 Å². The van der Waals surface area contributed by atoms with Crippen molar-refractivity contribution in [3.8, 4) is 5.88 Å². The number of pyridine rings is 1. The van der Waals surface area contributed by atoms with E-state index >= 15 is 0 Å². The Bertz CT molecular complexity index is 758. The van der Waals surface area contributed by atoms with Crippen LogP contribution < -0.4 is 10.1 Å². The molecule has 0 spiro atoms. The Morgan fingerprint density at radius 3 is 2.68 bits per heavy atom. The molecule has 132 valence electrons. The second-order valence-electron chi connectivity index (χ2n) is 6.45. The Kier molecular flexibility index (Phi) is 4.99. The highest BCUT2D eigenvalue weighted by Gasteiger charge is 2.36. The van der Waals surface area contributed by atoms with Crippen molar-refractivity contribution >= 4 is 5.91 Å². The van der Waals surface area contributed by atoms with Gasteiger partial charge in [0.15, 0.2) is 0 Å². The summed E-state index contributed by atoms with van der Waals surface area (Å²) in [6.07, 6.45) is 2.47. The number of benzene rings is 1. The maximum Gasteiger partial charge on any atom is 0.254 e. The molecule has 5 nitrogen and oxygen atoms in total. The average molecular weight is 344 g/mol. The van der Waals surface area contributed by atoms with Crippen LogP contribution in [0.2, 0.25) is 0 Å². The summed E-state index contributed by atoms with van der Waals surface area (Å²) in [5.74, 6) is -0.452. The van der Waals surface area contributed by atoms with E-state index in [9.17, 15) is 14.3 Å². The van der Waals surface area contributed by atoms with Crippen molar-refractivity contribution in [2.75, 3.05) is 7.11 Å². The number of carbonyl (C=O) groups excluding carboxylic acids is 1. The Morgan fingerprint density at radius 1 is 1.36 bits per heavy atom. The van der Waals surface area contributed by atoms with Crippen LogP contribution in [-0.4, -0.2) is 29.2 Å². The summed E-state index contributed by atoms with van der Waals surface area (Å²) in [6, 6.07) is 7.73. The zero-order valence-corrected chi connectivity index (χ0v) is 14.2. The Morgan fingerprint density at radius 2 is 2.12 bits per heavy atom. The summed E-state index contributed by atoms with van der Waals surface area (Å²) < 4.78 is 19.1. The van der Waals surface area contributed by atoms with Crippen molar-refractivity contribution in [2.24, 2.45) is 5.92 Å². The van der Waals surface area contributed by atoms with E-state index in [0.29, 0.717) is 18.7 Å². The number of hydrogen-bond acceptors (Lipinski definition) is 4. The second-order valence-corrected chi connectivity index (χ2v) is 6.45. The maximum absolute atomic E-state index is 14.1. The third kappa shape index (κ3) is 3.79. The number of hydrogen-bond donors (Lipinski definition) is 2. The van der Waals surface area contributed by atoms with Crippen LogP contribution in [0.15, 0.2) is 36.5 Å². The molecule has 1 amide bonds. The number of ether oxygens (including phenoxy) is 1. The van der Waals surface area contributed by atoms with Crippen LogP contribution in [0.4, 0.5) is 4.39 Å². The lowest BCUT2D eigenvalue weighted by molar-refractivity contribution is 0.0234. The van der Waals surface area contributed by atoms with Crippen LogP contribution >= 0.6 is 0 Å². The summed E-state index contributed by atoms with van der Waals surface area (Å²) in [7, 11) is 1.53. The molecule has 0 aliphatic heterocycles. The molecule has 1 heterocycles. The van der Waals surface area contributed by atoms with Gasteiger partial charge >= 0.3 is 0 Å². The molecule has 1 fully saturated rings. The monoisotopic (exact) mass is 344 g/mol. The first-order chi connectivity index (χ1) is 12.0. The molecule has 0 bridgehead atoms. The quantitative estimate of drug-likeness (QED) is 0.875. The molecule has 1 aromatic carbocycles. The van der Waals surface area contributed by atoms with Gasteiger partial charge in [0, 0.05) is 12.3 Å². The lowest BCUT2D eigenvalue weighted by Crippen LogP contribution is -2.41. The number of carbonyl (C=O) groups is 1. The standard InChI is InChI=1S/C19H21FN2O3/c1-11-3-5-15(16(20)7-11)19(24)22-18(13-8-14(23)9-13)12-4-6-17(25-2)21-10-12/h3-7,10,13-14,18,23H,8-9H2,1-2H3,(H,22,24). The molecule has 3 rings (SSSR count). The van der Waals surface area contributed by atoms with Gasteiger partial charge in [0.05, 0.1) is 24.8 Å². The van der Waals surface area contributed by atoms with Gasteiger partial charge in [-0.15, -0.1) is 0 Å². The molecule has 1 unspecified atom stereocenters. The van der Waals surface area contributed by atoms with E-state index in [1.54, 1.807) is 25.3 Å². The van der Waals surface area contributed by atoms with E-state index in [4.69, 9.17) is 4.74 Å². The number of nitrogens with one attached hydrogen (secondary N) is 1. The van der Waals surface area contributed by atoms with Gasteiger partial charge in [0.25, 0.3) is 5.91 Å². The fourth-order valence-electron chi connectivity index (χ4n) is 3.10. The summed E-state index contributed by atoms with van der Waals surface area (Å²) in [4.78, 5) is 16.7. The third-order valence-corrected chi connectivity index (χ3v) is 4.60. The van der Waals surface area contributed by atoms with E-state index in [0.717, 1.165) is 11.1 Å². The lowest BCUT2D eigenvalue weighted by Gasteiger charge is -2.38. The fraction of sp³-hybridized carbons (Fsp3) is 0.368. The van der Waals surface area contributed by atoms with Gasteiger partial charge in [-0.1, -0.05) is 12.1 Å². The van der Waals surface area contributed by atoms with Crippen LogP contribution in [0.25, 0.3) is 0 Å². The molecule has 1 aliphatic rings. The minimum atomic E-state index is -0.544. The topological polar surface area (TPSA) is 71.5 Å². The average Bonchev–Trinajstić information content (AvgIpc) is 2.57. The van der Waals surface area contributed by atoms with E-state index in [-0.39, 0.29) is 23.6 Å². The van der Waals surface area contributed by atoms with Crippen molar-refractivity contribution in [1.82, 2.24) is 10.3 Å². The Hall–Kier alpha value is -2.47. The molecule has 1 aromatic heterocycles. The fourth-order valence-corrected chi connectivity index (χ4v) is 3.10. The second kappa shape index (κ2) is 7.19. The van der Waals surface area contributed by atoms with Crippen molar-refractivity contribution in [3.63, 3.8) is 0 Å². The van der Waals surface area contributed by atoms with Crippen LogP contribution in [0, 0.1) is 18.7 Å². The van der Waals surface area contributed by atoms with E-state index in [1.165, 1.54) is 19.2 Å². The third-order valence-electron chi connectivity index (χ3n) is 4.60. The number of methoxy groups -OCH3 is 1. The Balaban J connectivity index is 1.83. The molecular weight excluding hydrogens is 323 g/mol. The molecule has 2 N–H and O–H groups in total. The Labute approximate surface area is 145 Å². The van der Waals surface area contributed by atoms with Crippen molar-refractivity contribution in [3.05, 3.63) is 59.0 Å². The highest BCUT2D eigenvalue weighted by atomic mass is 19.1. The van der Waals surface area contributed by atoms with E-state index in [1.807, 2.05) is 6.07 Å². The molecule has 1 aliphatic carbocycles. The molecule has 0 radical (unpaired) electrons. The molecule has 2 aromatic rings. The van der Waals surface area contributed by atoms with Gasteiger partial charge in [-0.05, 0) is 48.9 Å². The number of halogens is 1. The summed E-state index contributed by atoms with van der Waals surface area (Å²) in [5.41, 5.74) is 1.57. The van der Waals surface area contributed by atoms with Crippen LogP contribution in [0.1, 0.15) is 40.4 Å². The molecule has 1 saturated carbocycles. The summed E-state index contributed by atoms with van der Waals surface area (Å²) >= 11 is 0. The summed E-state index contributed by atoms with van der Waals surface area (Å²) in [6.45, 7) is 1.77. The van der Waals surface area contributed by atoms with Gasteiger partial charge in [-0.3, -0.25) is 4.79 Å². The molecule has 0 saturated heterocycles. The van der Waals surface area contributed by atoms with Crippen LogP contribution in [0.5, 0.6) is 5.88 Å². The zero-order chi connectivity index (χ0) is 18.0. The highest BCUT2D eigenvalue weighted by molar-refractivity contribution is 5.94. The van der Waals surface area contributed by atoms with Crippen molar-refractivity contribution in [1.29, 1.82) is 0 Å². The smallest absolute Gasteiger partial charge is 0.254 e. The maximum atomic E-state index is 14.1. The van der Waals surface area contributed by atoms with Gasteiger partial charge in [0.1, 0.15) is 5.82 Å². The molecular formula is C19H21FN2O3. The zero-order valence-electron chi connectivity index (χ0n) is 14.2. The lowest BCUT2D eigenvalue weighted by atomic mass is 9.75. The minimum Gasteiger partial charge on any atom is -0.481 e. The highest BCUT2D eigenvalue weighted by Crippen LogP contribution is 2.38. The number of nitrogens with zero attached hydrogens (tertiary/aromatic N) is 1. The largest absolute Gasteiger partial charge is 0.481 e. The SMILES string of the molecule is COc1ccc(C(NC(=O)c2ccc(C)cc2F)C2CC(O)C2)cn1. The molecule has 6 heteroatoms. The first kappa shape index (κ1) is 17.4. The molecule has 25 heavy (non-hydrogen) atoms. The van der Waals surface area contributed by atoms with Gasteiger partial charge in [0.2, 0.25) is 5.88 Å². The van der Waals surface area contributed by atoms with E-state index in [2.05, 4.69) is 10.3 Å². The number of rotatable bonds is 5. The number of aliphatic hydroxyl groups is 1. The van der Waals surface area contributed by atoms with E-state index < -0.39 is 11.7 Å². The van der Waals surface area contributed by atoms with Crippen LogP contribution in [0.3, 0.4) is 0 Å². The summed E-state index contributed by atoms with van der Waals surface area (Å²) in [5, 5.41) is 12.5. The number of aliphatic hydroxyl groups excluding tert-OH is 1. The van der Waals surface area contributed by atoms with Gasteiger partial charge in [-0.25, -0.2) is 9.37 Å². The molecule has 1 atom stereocenters. The number of aromatic nitrogens is 1. The predicted molar refractivity (Wildman–Crippen MR) is 90.9 cm³/mol. The number of amides is 1. The predicted octanol–water partition coefficient (Wildman–Crippen LogP) is 2.78. The van der Waals surface area contributed by atoms with Crippen molar-refractivity contribution in [2.45, 2.75) is 31.9 Å². The first-order valence-corrected chi connectivity index (χ1v) is 8.23. The number of aryl methyl sites for hydroxylation is 1. The van der Waals surface area contributed by atoms with Gasteiger partial charge in [-0.2, -0.15) is 0 Å². The van der Waals surface area contributed by atoms with Gasteiger partial charge < -0.3 is 15.2 Å². The van der Waals surface area contributed by atoms with Crippen LogP contribution in [-0.2, 0) is 0 Å².